The van der Waals surface area contributed by atoms with Gasteiger partial charge in [0.25, 0.3) is 0 Å². The smallest absolute Gasteiger partial charge is 0.0919 e. The fraction of sp³-hybridized carbons (Fsp3) is 0.500. The van der Waals surface area contributed by atoms with Crippen LogP contribution in [-0.4, -0.2) is 18.3 Å². The van der Waals surface area contributed by atoms with Crippen LogP contribution in [0.15, 0.2) is 24.3 Å². The second-order valence-corrected chi connectivity index (χ2v) is 4.65. The topological polar surface area (TPSA) is 29.5 Å². The van der Waals surface area contributed by atoms with Crippen molar-refractivity contribution in [2.45, 2.75) is 18.9 Å². The van der Waals surface area contributed by atoms with Crippen LogP contribution in [0.4, 0.5) is 0 Å². The standard InChI is InChI=1S/C12H15ClO2/c1-12(14,10-5-6-15-8-10)9-3-2-4-11(13)7-9/h2-4,7,10,14H,5-6,8H2,1H3. The van der Waals surface area contributed by atoms with Gasteiger partial charge < -0.3 is 9.84 Å². The maximum atomic E-state index is 10.5. The van der Waals surface area contributed by atoms with E-state index in [0.29, 0.717) is 11.6 Å². The summed E-state index contributed by atoms with van der Waals surface area (Å²) < 4.78 is 5.30. The maximum absolute atomic E-state index is 10.5. The van der Waals surface area contributed by atoms with E-state index in [1.165, 1.54) is 0 Å². The van der Waals surface area contributed by atoms with Gasteiger partial charge in [0.05, 0.1) is 12.2 Å². The van der Waals surface area contributed by atoms with Gasteiger partial charge in [-0.2, -0.15) is 0 Å². The first kappa shape index (κ1) is 10.9. The van der Waals surface area contributed by atoms with Crippen LogP contribution in [-0.2, 0) is 10.3 Å². The SMILES string of the molecule is CC(O)(c1cccc(Cl)c1)C1CCOC1. The second-order valence-electron chi connectivity index (χ2n) is 4.22. The summed E-state index contributed by atoms with van der Waals surface area (Å²) in [5, 5.41) is 11.1. The van der Waals surface area contributed by atoms with Crippen molar-refractivity contribution in [2.75, 3.05) is 13.2 Å². The van der Waals surface area contributed by atoms with Crippen molar-refractivity contribution in [3.05, 3.63) is 34.9 Å². The zero-order chi connectivity index (χ0) is 10.9. The molecule has 0 spiro atoms. The zero-order valence-electron chi connectivity index (χ0n) is 8.74. The molecule has 2 atom stereocenters. The molecule has 1 saturated heterocycles. The highest BCUT2D eigenvalue weighted by Gasteiger charge is 2.36. The number of benzene rings is 1. The Morgan fingerprint density at radius 2 is 2.33 bits per heavy atom. The number of aliphatic hydroxyl groups is 1. The van der Waals surface area contributed by atoms with Gasteiger partial charge in [0.1, 0.15) is 0 Å². The van der Waals surface area contributed by atoms with Gasteiger partial charge in [0.15, 0.2) is 0 Å². The van der Waals surface area contributed by atoms with Crippen LogP contribution in [0.5, 0.6) is 0 Å². The average Bonchev–Trinajstić information content (AvgIpc) is 2.71. The molecule has 1 aromatic rings. The van der Waals surface area contributed by atoms with E-state index in [2.05, 4.69) is 0 Å². The summed E-state index contributed by atoms with van der Waals surface area (Å²) in [5.74, 6) is 0.163. The molecule has 0 saturated carbocycles. The molecular formula is C12H15ClO2. The lowest BCUT2D eigenvalue weighted by atomic mass is 9.82. The van der Waals surface area contributed by atoms with Crippen LogP contribution in [0.25, 0.3) is 0 Å². The van der Waals surface area contributed by atoms with Gasteiger partial charge in [-0.25, -0.2) is 0 Å². The number of rotatable bonds is 2. The molecule has 1 aliphatic rings. The highest BCUT2D eigenvalue weighted by Crippen LogP contribution is 2.35. The van der Waals surface area contributed by atoms with E-state index in [0.717, 1.165) is 18.6 Å². The van der Waals surface area contributed by atoms with E-state index in [-0.39, 0.29) is 5.92 Å². The Bertz CT molecular complexity index is 343. The molecule has 15 heavy (non-hydrogen) atoms. The number of halogens is 1. The van der Waals surface area contributed by atoms with Gasteiger partial charge >= 0.3 is 0 Å². The molecule has 1 aromatic carbocycles. The fourth-order valence-electron chi connectivity index (χ4n) is 2.02. The predicted molar refractivity (Wildman–Crippen MR) is 59.9 cm³/mol. The first-order valence-electron chi connectivity index (χ1n) is 5.17. The molecule has 0 aromatic heterocycles. The van der Waals surface area contributed by atoms with Crippen LogP contribution in [0, 0.1) is 5.92 Å². The van der Waals surface area contributed by atoms with Crippen LogP contribution in [0.2, 0.25) is 5.02 Å². The van der Waals surface area contributed by atoms with Gasteiger partial charge in [0, 0.05) is 17.5 Å². The first-order chi connectivity index (χ1) is 7.10. The van der Waals surface area contributed by atoms with Crippen molar-refractivity contribution < 1.29 is 9.84 Å². The predicted octanol–water partition coefficient (Wildman–Crippen LogP) is 2.58. The van der Waals surface area contributed by atoms with E-state index < -0.39 is 5.60 Å². The van der Waals surface area contributed by atoms with Gasteiger partial charge in [-0.15, -0.1) is 0 Å². The van der Waals surface area contributed by atoms with Crippen molar-refractivity contribution in [2.24, 2.45) is 5.92 Å². The fourth-order valence-corrected chi connectivity index (χ4v) is 2.21. The Balaban J connectivity index is 2.27. The van der Waals surface area contributed by atoms with Crippen LogP contribution < -0.4 is 0 Å². The Morgan fingerprint density at radius 3 is 2.93 bits per heavy atom. The van der Waals surface area contributed by atoms with Crippen LogP contribution in [0.3, 0.4) is 0 Å². The number of hydrogen-bond donors (Lipinski definition) is 1. The average molecular weight is 227 g/mol. The van der Waals surface area contributed by atoms with Crippen molar-refractivity contribution >= 4 is 11.6 Å². The van der Waals surface area contributed by atoms with Gasteiger partial charge in [-0.05, 0) is 31.0 Å². The Labute approximate surface area is 94.8 Å². The molecule has 0 amide bonds. The van der Waals surface area contributed by atoms with E-state index in [1.807, 2.05) is 31.2 Å². The van der Waals surface area contributed by atoms with Crippen molar-refractivity contribution in [1.82, 2.24) is 0 Å². The van der Waals surface area contributed by atoms with Crippen LogP contribution >= 0.6 is 11.6 Å². The molecule has 3 heteroatoms. The summed E-state index contributed by atoms with van der Waals surface area (Å²) in [5.41, 5.74) is 0.0204. The van der Waals surface area contributed by atoms with E-state index in [9.17, 15) is 5.11 Å². The third-order valence-corrected chi connectivity index (χ3v) is 3.37. The van der Waals surface area contributed by atoms with Crippen molar-refractivity contribution in [1.29, 1.82) is 0 Å². The third kappa shape index (κ3) is 2.17. The molecule has 0 aliphatic carbocycles. The summed E-state index contributed by atoms with van der Waals surface area (Å²) in [6.45, 7) is 3.19. The summed E-state index contributed by atoms with van der Waals surface area (Å²) in [4.78, 5) is 0. The molecule has 1 aliphatic heterocycles. The Kier molecular flexibility index (Phi) is 3.01. The highest BCUT2D eigenvalue weighted by molar-refractivity contribution is 6.30. The summed E-state index contributed by atoms with van der Waals surface area (Å²) >= 11 is 5.92. The number of hydrogen-bond acceptors (Lipinski definition) is 2. The summed E-state index contributed by atoms with van der Waals surface area (Å²) in [7, 11) is 0. The van der Waals surface area contributed by atoms with Crippen molar-refractivity contribution in [3.63, 3.8) is 0 Å². The molecule has 2 unspecified atom stereocenters. The Hall–Kier alpha value is -0.570. The molecule has 1 heterocycles. The minimum Gasteiger partial charge on any atom is -0.385 e. The normalized spacial score (nSPS) is 25.1. The molecule has 0 radical (unpaired) electrons. The van der Waals surface area contributed by atoms with E-state index in [1.54, 1.807) is 0 Å². The summed E-state index contributed by atoms with van der Waals surface area (Å²) in [6.07, 6.45) is 0.902. The van der Waals surface area contributed by atoms with E-state index >= 15 is 0 Å². The lowest BCUT2D eigenvalue weighted by molar-refractivity contribution is -0.00970. The molecule has 2 nitrogen and oxygen atoms in total. The van der Waals surface area contributed by atoms with Gasteiger partial charge in [-0.3, -0.25) is 0 Å². The molecular weight excluding hydrogens is 212 g/mol. The lowest BCUT2D eigenvalue weighted by Crippen LogP contribution is -2.32. The molecule has 2 rings (SSSR count). The Morgan fingerprint density at radius 1 is 1.53 bits per heavy atom. The quantitative estimate of drug-likeness (QED) is 0.840. The zero-order valence-corrected chi connectivity index (χ0v) is 9.50. The minimum atomic E-state index is -0.846. The lowest BCUT2D eigenvalue weighted by Gasteiger charge is -2.29. The van der Waals surface area contributed by atoms with Gasteiger partial charge in [-0.1, -0.05) is 23.7 Å². The monoisotopic (exact) mass is 226 g/mol. The molecule has 0 bridgehead atoms. The molecule has 1 fully saturated rings. The maximum Gasteiger partial charge on any atom is 0.0919 e. The minimum absolute atomic E-state index is 0.163. The van der Waals surface area contributed by atoms with E-state index in [4.69, 9.17) is 16.3 Å². The second kappa shape index (κ2) is 4.12. The first-order valence-corrected chi connectivity index (χ1v) is 5.54. The highest BCUT2D eigenvalue weighted by atomic mass is 35.5. The van der Waals surface area contributed by atoms with Gasteiger partial charge in [0.2, 0.25) is 0 Å². The third-order valence-electron chi connectivity index (χ3n) is 3.13. The molecule has 82 valence electrons. The molecule has 1 N–H and O–H groups in total. The largest absolute Gasteiger partial charge is 0.385 e. The summed E-state index contributed by atoms with van der Waals surface area (Å²) in [6, 6.07) is 7.40. The number of ether oxygens (including phenoxy) is 1. The van der Waals surface area contributed by atoms with Crippen LogP contribution in [0.1, 0.15) is 18.9 Å². The van der Waals surface area contributed by atoms with Crippen molar-refractivity contribution in [3.8, 4) is 0 Å².